The number of hydrogen-bond donors (Lipinski definition) is 2. The summed E-state index contributed by atoms with van der Waals surface area (Å²) in [5.41, 5.74) is 9.37. The molecule has 0 bridgehead atoms. The van der Waals surface area contributed by atoms with Crippen LogP contribution in [0, 0.1) is 23.5 Å². The minimum atomic E-state index is -0.995. The molecule has 0 spiro atoms. The Balaban J connectivity index is 1.65. The van der Waals surface area contributed by atoms with Crippen LogP contribution in [0.15, 0.2) is 42.6 Å². The van der Waals surface area contributed by atoms with Crippen molar-refractivity contribution in [3.63, 3.8) is 0 Å². The third kappa shape index (κ3) is 5.49. The van der Waals surface area contributed by atoms with Gasteiger partial charge in [-0.3, -0.25) is 9.59 Å². The van der Waals surface area contributed by atoms with Gasteiger partial charge >= 0.3 is 0 Å². The van der Waals surface area contributed by atoms with Crippen LogP contribution in [-0.4, -0.2) is 44.9 Å². The Morgan fingerprint density at radius 2 is 1.93 bits per heavy atom. The van der Waals surface area contributed by atoms with Gasteiger partial charge in [-0.05, 0) is 53.6 Å². The Hall–Kier alpha value is -4.38. The first kappa shape index (κ1) is 28.2. The SMILES string of the molecule is CC(C)Cc1nc2c(cnn2CC(C)CO)c(-c2ccc3c(c2)OCC(=O)N3Cc2ccc(F)c(F)c2)c1C(N)=O. The fourth-order valence-electron chi connectivity index (χ4n) is 5.08. The highest BCUT2D eigenvalue weighted by Crippen LogP contribution is 2.40. The van der Waals surface area contributed by atoms with E-state index in [4.69, 9.17) is 15.5 Å². The van der Waals surface area contributed by atoms with Gasteiger partial charge in [-0.15, -0.1) is 0 Å². The summed E-state index contributed by atoms with van der Waals surface area (Å²) in [5, 5.41) is 14.7. The number of pyridine rings is 1. The summed E-state index contributed by atoms with van der Waals surface area (Å²) in [7, 11) is 0. The lowest BCUT2D eigenvalue weighted by Gasteiger charge is -2.30. The van der Waals surface area contributed by atoms with Gasteiger partial charge in [0.2, 0.25) is 0 Å². The maximum Gasteiger partial charge on any atom is 0.265 e. The lowest BCUT2D eigenvalue weighted by molar-refractivity contribution is -0.121. The zero-order valence-electron chi connectivity index (χ0n) is 23.0. The second-order valence-electron chi connectivity index (χ2n) is 10.8. The molecule has 0 saturated heterocycles. The number of aliphatic hydroxyl groups is 1. The molecule has 41 heavy (non-hydrogen) atoms. The number of nitrogens with zero attached hydrogens (tertiary/aromatic N) is 4. The molecule has 1 aliphatic heterocycles. The largest absolute Gasteiger partial charge is 0.482 e. The number of aliphatic hydroxyl groups excluding tert-OH is 1. The Kier molecular flexibility index (Phi) is 7.72. The lowest BCUT2D eigenvalue weighted by Crippen LogP contribution is -2.38. The van der Waals surface area contributed by atoms with Gasteiger partial charge in [-0.25, -0.2) is 18.4 Å². The predicted molar refractivity (Wildman–Crippen MR) is 149 cm³/mol. The van der Waals surface area contributed by atoms with E-state index < -0.39 is 17.5 Å². The average Bonchev–Trinajstić information content (AvgIpc) is 3.32. The monoisotopic (exact) mass is 563 g/mol. The number of carbonyl (C=O) groups excluding carboxylic acids is 2. The minimum absolute atomic E-state index is 0.0195. The number of anilines is 1. The molecule has 0 aliphatic carbocycles. The van der Waals surface area contributed by atoms with Crippen molar-refractivity contribution in [2.45, 2.75) is 40.3 Å². The number of fused-ring (bicyclic) bond motifs is 2. The van der Waals surface area contributed by atoms with Gasteiger partial charge < -0.3 is 20.5 Å². The Morgan fingerprint density at radius 3 is 2.61 bits per heavy atom. The maximum atomic E-state index is 13.8. The minimum Gasteiger partial charge on any atom is -0.482 e. The summed E-state index contributed by atoms with van der Waals surface area (Å²) in [5.74, 6) is -2.42. The standard InChI is InChI=1S/C30H31F2N5O4/c1-16(2)8-23-28(29(33)40)27(20-11-34-37(30(20)35-23)12-17(3)14-38)19-5-7-24-25(10-19)41-15-26(39)36(24)13-18-4-6-21(31)22(32)9-18/h4-7,9-11,16-17,38H,8,12-15H2,1-3H3,(H2,33,40). The van der Waals surface area contributed by atoms with Crippen LogP contribution in [0.5, 0.6) is 5.75 Å². The molecular formula is C30H31F2N5O4. The van der Waals surface area contributed by atoms with Crippen LogP contribution in [0.1, 0.15) is 42.4 Å². The summed E-state index contributed by atoms with van der Waals surface area (Å²) in [6.07, 6.45) is 2.13. The molecule has 3 heterocycles. The molecule has 5 rings (SSSR count). The highest BCUT2D eigenvalue weighted by Gasteiger charge is 2.29. The van der Waals surface area contributed by atoms with Crippen LogP contribution in [-0.2, 0) is 24.3 Å². The van der Waals surface area contributed by atoms with Crippen LogP contribution >= 0.6 is 0 Å². The van der Waals surface area contributed by atoms with Crippen LogP contribution < -0.4 is 15.4 Å². The van der Waals surface area contributed by atoms with Gasteiger partial charge in [0.05, 0.1) is 29.7 Å². The molecule has 1 unspecified atom stereocenters. The molecule has 0 fully saturated rings. The number of halogens is 2. The third-order valence-corrected chi connectivity index (χ3v) is 7.02. The van der Waals surface area contributed by atoms with E-state index in [1.807, 2.05) is 20.8 Å². The molecule has 4 aromatic rings. The normalized spacial score (nSPS) is 13.9. The van der Waals surface area contributed by atoms with Crippen molar-refractivity contribution >= 4 is 28.5 Å². The molecule has 2 aromatic heterocycles. The second kappa shape index (κ2) is 11.2. The number of rotatable bonds is 9. The fraction of sp³-hybridized carbons (Fsp3) is 0.333. The molecule has 2 aromatic carbocycles. The van der Waals surface area contributed by atoms with Crippen molar-refractivity contribution in [1.29, 1.82) is 0 Å². The molecule has 11 heteroatoms. The molecular weight excluding hydrogens is 532 g/mol. The number of benzene rings is 2. The van der Waals surface area contributed by atoms with E-state index in [9.17, 15) is 23.5 Å². The second-order valence-corrected chi connectivity index (χ2v) is 10.8. The van der Waals surface area contributed by atoms with E-state index in [1.165, 1.54) is 11.0 Å². The first-order chi connectivity index (χ1) is 19.6. The number of nitrogens with two attached hydrogens (primary N) is 1. The number of carbonyl (C=O) groups is 2. The summed E-state index contributed by atoms with van der Waals surface area (Å²) in [6.45, 7) is 6.12. The maximum absolute atomic E-state index is 13.8. The first-order valence-corrected chi connectivity index (χ1v) is 13.4. The van der Waals surface area contributed by atoms with Crippen LogP contribution in [0.4, 0.5) is 14.5 Å². The summed E-state index contributed by atoms with van der Waals surface area (Å²) < 4.78 is 34.8. The number of amides is 2. The van der Waals surface area contributed by atoms with Gasteiger partial charge in [-0.2, -0.15) is 5.10 Å². The van der Waals surface area contributed by atoms with E-state index in [0.717, 1.165) is 12.1 Å². The number of aromatic nitrogens is 3. The Bertz CT molecular complexity index is 1650. The van der Waals surface area contributed by atoms with Crippen molar-refractivity contribution in [3.8, 4) is 16.9 Å². The molecule has 214 valence electrons. The molecule has 0 radical (unpaired) electrons. The van der Waals surface area contributed by atoms with Gasteiger partial charge in [0.15, 0.2) is 23.9 Å². The summed E-state index contributed by atoms with van der Waals surface area (Å²) >= 11 is 0. The Morgan fingerprint density at radius 1 is 1.15 bits per heavy atom. The lowest BCUT2D eigenvalue weighted by atomic mass is 9.92. The zero-order chi connectivity index (χ0) is 29.4. The van der Waals surface area contributed by atoms with Gasteiger partial charge in [0.1, 0.15) is 5.75 Å². The number of primary amides is 1. The van der Waals surface area contributed by atoms with Crippen molar-refractivity contribution in [1.82, 2.24) is 14.8 Å². The highest BCUT2D eigenvalue weighted by atomic mass is 19.2. The van der Waals surface area contributed by atoms with Crippen LogP contribution in [0.3, 0.4) is 0 Å². The highest BCUT2D eigenvalue weighted by molar-refractivity contribution is 6.09. The average molecular weight is 564 g/mol. The van der Waals surface area contributed by atoms with Crippen molar-refractivity contribution in [2.24, 2.45) is 17.6 Å². The quantitative estimate of drug-likeness (QED) is 0.314. The van der Waals surface area contributed by atoms with Gasteiger partial charge in [0.25, 0.3) is 11.8 Å². The van der Waals surface area contributed by atoms with Crippen molar-refractivity contribution in [2.75, 3.05) is 18.1 Å². The van der Waals surface area contributed by atoms with E-state index in [1.54, 1.807) is 29.1 Å². The van der Waals surface area contributed by atoms with E-state index in [-0.39, 0.29) is 43.1 Å². The van der Waals surface area contributed by atoms with E-state index >= 15 is 0 Å². The Labute approximate surface area is 235 Å². The topological polar surface area (TPSA) is 124 Å². The molecule has 1 aliphatic rings. The summed E-state index contributed by atoms with van der Waals surface area (Å²) in [6, 6.07) is 8.69. The smallest absolute Gasteiger partial charge is 0.265 e. The van der Waals surface area contributed by atoms with Crippen molar-refractivity contribution < 1.29 is 28.2 Å². The number of ether oxygens (including phenoxy) is 1. The first-order valence-electron chi connectivity index (χ1n) is 13.4. The van der Waals surface area contributed by atoms with Crippen LogP contribution in [0.2, 0.25) is 0 Å². The van der Waals surface area contributed by atoms with Gasteiger partial charge in [0, 0.05) is 24.1 Å². The van der Waals surface area contributed by atoms with Crippen molar-refractivity contribution in [3.05, 3.63) is 71.1 Å². The predicted octanol–water partition coefficient (Wildman–Crippen LogP) is 4.23. The number of hydrogen-bond acceptors (Lipinski definition) is 6. The molecule has 3 N–H and O–H groups in total. The molecule has 0 saturated carbocycles. The van der Waals surface area contributed by atoms with E-state index in [0.29, 0.717) is 57.8 Å². The van der Waals surface area contributed by atoms with Gasteiger partial charge in [-0.1, -0.05) is 32.9 Å². The molecule has 1 atom stereocenters. The third-order valence-electron chi connectivity index (χ3n) is 7.02. The van der Waals surface area contributed by atoms with Crippen LogP contribution in [0.25, 0.3) is 22.2 Å². The fourth-order valence-corrected chi connectivity index (χ4v) is 5.08. The van der Waals surface area contributed by atoms with E-state index in [2.05, 4.69) is 5.10 Å². The zero-order valence-corrected chi connectivity index (χ0v) is 23.0. The summed E-state index contributed by atoms with van der Waals surface area (Å²) in [4.78, 5) is 31.9. The molecule has 9 nitrogen and oxygen atoms in total. The molecule has 2 amide bonds.